The molecule has 2 heterocycles. The summed E-state index contributed by atoms with van der Waals surface area (Å²) >= 11 is 3.42. The van der Waals surface area contributed by atoms with Crippen LogP contribution in [0.1, 0.15) is 16.1 Å². The summed E-state index contributed by atoms with van der Waals surface area (Å²) in [5.74, 6) is 0.866. The average molecular weight is 459 g/mol. The molecule has 0 unspecified atom stereocenters. The molecule has 1 amide bonds. The Morgan fingerprint density at radius 2 is 2.00 bits per heavy atom. The summed E-state index contributed by atoms with van der Waals surface area (Å²) in [6, 6.07) is 15.2. The number of hydrogen-bond donors (Lipinski definition) is 1. The zero-order valence-electron chi connectivity index (χ0n) is 16.0. The van der Waals surface area contributed by atoms with Gasteiger partial charge < -0.3 is 19.2 Å². The number of fused-ring (bicyclic) bond motifs is 1. The van der Waals surface area contributed by atoms with Crippen LogP contribution in [0.2, 0.25) is 0 Å². The number of carbonyl (C=O) groups is 1. The summed E-state index contributed by atoms with van der Waals surface area (Å²) in [6.07, 6.45) is 0. The highest BCUT2D eigenvalue weighted by molar-refractivity contribution is 9.10. The van der Waals surface area contributed by atoms with Crippen LogP contribution in [-0.2, 0) is 11.3 Å². The van der Waals surface area contributed by atoms with Crippen molar-refractivity contribution in [1.82, 2.24) is 10.2 Å². The van der Waals surface area contributed by atoms with Gasteiger partial charge in [-0.2, -0.15) is 0 Å². The number of nitrogens with zero attached hydrogens (tertiary/aromatic N) is 1. The Morgan fingerprint density at radius 1 is 1.14 bits per heavy atom. The van der Waals surface area contributed by atoms with E-state index in [-0.39, 0.29) is 5.91 Å². The monoisotopic (exact) mass is 458 g/mol. The van der Waals surface area contributed by atoms with E-state index in [2.05, 4.69) is 26.1 Å². The minimum atomic E-state index is -0.240. The SMILES string of the molecule is O=C(NCc1cccc(OCCN2CCOCC2)c1)c1cc2cc(Br)ccc2o1. The van der Waals surface area contributed by atoms with E-state index in [1.54, 1.807) is 6.07 Å². The molecule has 6 nitrogen and oxygen atoms in total. The van der Waals surface area contributed by atoms with Gasteiger partial charge in [0.15, 0.2) is 5.76 Å². The van der Waals surface area contributed by atoms with Crippen LogP contribution in [-0.4, -0.2) is 50.3 Å². The molecule has 1 fully saturated rings. The Labute approximate surface area is 177 Å². The molecule has 0 atom stereocenters. The molecule has 29 heavy (non-hydrogen) atoms. The minimum Gasteiger partial charge on any atom is -0.492 e. The first-order valence-electron chi connectivity index (χ1n) is 9.66. The molecular weight excluding hydrogens is 436 g/mol. The van der Waals surface area contributed by atoms with E-state index in [9.17, 15) is 4.79 Å². The largest absolute Gasteiger partial charge is 0.492 e. The quantitative estimate of drug-likeness (QED) is 0.582. The van der Waals surface area contributed by atoms with Crippen LogP contribution in [0.5, 0.6) is 5.75 Å². The first-order valence-corrected chi connectivity index (χ1v) is 10.5. The first-order chi connectivity index (χ1) is 14.2. The fourth-order valence-corrected chi connectivity index (χ4v) is 3.64. The molecule has 1 N–H and O–H groups in total. The molecule has 3 aromatic rings. The fourth-order valence-electron chi connectivity index (χ4n) is 3.26. The van der Waals surface area contributed by atoms with Gasteiger partial charge in [0, 0.05) is 36.0 Å². The summed E-state index contributed by atoms with van der Waals surface area (Å²) in [5, 5.41) is 3.79. The van der Waals surface area contributed by atoms with E-state index < -0.39 is 0 Å². The van der Waals surface area contributed by atoms with Gasteiger partial charge in [-0.15, -0.1) is 0 Å². The lowest BCUT2D eigenvalue weighted by molar-refractivity contribution is 0.0322. The molecule has 7 heteroatoms. The van der Waals surface area contributed by atoms with Crippen LogP contribution in [0, 0.1) is 0 Å². The highest BCUT2D eigenvalue weighted by Gasteiger charge is 2.13. The summed E-state index contributed by atoms with van der Waals surface area (Å²) in [5.41, 5.74) is 1.66. The topological polar surface area (TPSA) is 63.9 Å². The van der Waals surface area contributed by atoms with Crippen molar-refractivity contribution in [3.05, 3.63) is 64.3 Å². The number of hydrogen-bond acceptors (Lipinski definition) is 5. The fraction of sp³-hybridized carbons (Fsp3) is 0.318. The second kappa shape index (κ2) is 9.43. The summed E-state index contributed by atoms with van der Waals surface area (Å²) in [4.78, 5) is 14.8. The number of benzene rings is 2. The van der Waals surface area contributed by atoms with Gasteiger partial charge in [-0.3, -0.25) is 9.69 Å². The van der Waals surface area contributed by atoms with Crippen LogP contribution in [0.25, 0.3) is 11.0 Å². The molecule has 1 aliphatic rings. The van der Waals surface area contributed by atoms with Gasteiger partial charge in [0.2, 0.25) is 0 Å². The van der Waals surface area contributed by atoms with Crippen LogP contribution in [0.15, 0.2) is 57.4 Å². The van der Waals surface area contributed by atoms with Crippen molar-refractivity contribution in [2.75, 3.05) is 39.5 Å². The van der Waals surface area contributed by atoms with Crippen molar-refractivity contribution in [2.24, 2.45) is 0 Å². The van der Waals surface area contributed by atoms with Gasteiger partial charge in [0.25, 0.3) is 5.91 Å². The molecule has 0 spiro atoms. The van der Waals surface area contributed by atoms with Gasteiger partial charge in [0.05, 0.1) is 13.2 Å². The Bertz CT molecular complexity index is 982. The molecule has 1 aliphatic heterocycles. The lowest BCUT2D eigenvalue weighted by atomic mass is 10.2. The average Bonchev–Trinajstić information content (AvgIpc) is 3.16. The van der Waals surface area contributed by atoms with E-state index in [0.29, 0.717) is 24.5 Å². The zero-order valence-corrected chi connectivity index (χ0v) is 17.6. The predicted molar refractivity (Wildman–Crippen MR) is 114 cm³/mol. The van der Waals surface area contributed by atoms with Gasteiger partial charge in [-0.25, -0.2) is 0 Å². The number of ether oxygens (including phenoxy) is 2. The second-order valence-corrected chi connectivity index (χ2v) is 7.84. The maximum Gasteiger partial charge on any atom is 0.287 e. The van der Waals surface area contributed by atoms with E-state index in [1.165, 1.54) is 0 Å². The van der Waals surface area contributed by atoms with E-state index in [1.807, 2.05) is 42.5 Å². The van der Waals surface area contributed by atoms with Crippen molar-refractivity contribution in [2.45, 2.75) is 6.54 Å². The van der Waals surface area contributed by atoms with E-state index >= 15 is 0 Å². The molecule has 2 aromatic carbocycles. The molecule has 0 saturated carbocycles. The molecule has 4 rings (SSSR count). The molecule has 0 bridgehead atoms. The molecule has 1 aromatic heterocycles. The normalized spacial score (nSPS) is 14.8. The molecular formula is C22H23BrN2O4. The van der Waals surface area contributed by atoms with Crippen LogP contribution < -0.4 is 10.1 Å². The van der Waals surface area contributed by atoms with E-state index in [0.717, 1.165) is 54.0 Å². The number of morpholine rings is 1. The van der Waals surface area contributed by atoms with Crippen molar-refractivity contribution in [3.63, 3.8) is 0 Å². The zero-order chi connectivity index (χ0) is 20.1. The third kappa shape index (κ3) is 5.38. The predicted octanol–water partition coefficient (Wildman–Crippen LogP) is 3.84. The third-order valence-electron chi connectivity index (χ3n) is 4.83. The van der Waals surface area contributed by atoms with Gasteiger partial charge in [0.1, 0.15) is 17.9 Å². The third-order valence-corrected chi connectivity index (χ3v) is 5.33. The van der Waals surface area contributed by atoms with Gasteiger partial charge in [-0.1, -0.05) is 28.1 Å². The Balaban J connectivity index is 1.29. The number of amides is 1. The second-order valence-electron chi connectivity index (χ2n) is 6.93. The Kier molecular flexibility index (Phi) is 6.49. The summed E-state index contributed by atoms with van der Waals surface area (Å²) in [6.45, 7) is 5.40. The summed E-state index contributed by atoms with van der Waals surface area (Å²) in [7, 11) is 0. The number of nitrogens with one attached hydrogen (secondary N) is 1. The lowest BCUT2D eigenvalue weighted by Gasteiger charge is -2.26. The Morgan fingerprint density at radius 3 is 2.86 bits per heavy atom. The lowest BCUT2D eigenvalue weighted by Crippen LogP contribution is -2.38. The molecule has 152 valence electrons. The van der Waals surface area contributed by atoms with Crippen LogP contribution >= 0.6 is 15.9 Å². The van der Waals surface area contributed by atoms with E-state index in [4.69, 9.17) is 13.9 Å². The molecule has 1 saturated heterocycles. The van der Waals surface area contributed by atoms with Gasteiger partial charge >= 0.3 is 0 Å². The number of rotatable bonds is 7. The minimum absolute atomic E-state index is 0.240. The van der Waals surface area contributed by atoms with Crippen molar-refractivity contribution < 1.29 is 18.7 Å². The van der Waals surface area contributed by atoms with Crippen LogP contribution in [0.4, 0.5) is 0 Å². The number of carbonyl (C=O) groups excluding carboxylic acids is 1. The smallest absolute Gasteiger partial charge is 0.287 e. The van der Waals surface area contributed by atoms with Crippen molar-refractivity contribution >= 4 is 32.8 Å². The highest BCUT2D eigenvalue weighted by atomic mass is 79.9. The Hall–Kier alpha value is -2.35. The van der Waals surface area contributed by atoms with Crippen molar-refractivity contribution in [1.29, 1.82) is 0 Å². The summed E-state index contributed by atoms with van der Waals surface area (Å²) < 4.78 is 17.8. The highest BCUT2D eigenvalue weighted by Crippen LogP contribution is 2.23. The van der Waals surface area contributed by atoms with Crippen LogP contribution in [0.3, 0.4) is 0 Å². The number of furan rings is 1. The standard InChI is InChI=1S/C22H23BrN2O4/c23-18-4-5-20-17(13-18)14-21(29-20)22(26)24-15-16-2-1-3-19(12-16)28-11-8-25-6-9-27-10-7-25/h1-5,12-14H,6-11,15H2,(H,24,26). The maximum atomic E-state index is 12.4. The number of halogens is 1. The first kappa shape index (κ1) is 19.9. The van der Waals surface area contributed by atoms with Crippen molar-refractivity contribution in [3.8, 4) is 5.75 Å². The maximum absolute atomic E-state index is 12.4. The molecule has 0 radical (unpaired) electrons. The molecule has 0 aliphatic carbocycles. The van der Waals surface area contributed by atoms with Gasteiger partial charge in [-0.05, 0) is 42.0 Å².